The second-order valence-corrected chi connectivity index (χ2v) is 4.56. The van der Waals surface area contributed by atoms with Crippen LogP contribution in [0.5, 0.6) is 0 Å². The first-order chi connectivity index (χ1) is 7.19. The third-order valence-corrected chi connectivity index (χ3v) is 3.17. The molecule has 4 heteroatoms. The first kappa shape index (κ1) is 12.5. The zero-order valence-corrected chi connectivity index (χ0v) is 9.64. The fraction of sp³-hybridized carbons (Fsp3) is 0.909. The minimum atomic E-state index is -0.159. The van der Waals surface area contributed by atoms with Crippen LogP contribution in [-0.4, -0.2) is 32.1 Å². The van der Waals surface area contributed by atoms with Crippen molar-refractivity contribution in [3.05, 3.63) is 0 Å². The number of unbranched alkanes of at least 4 members (excludes halogenated alkanes) is 1. The van der Waals surface area contributed by atoms with Crippen molar-refractivity contribution in [1.29, 1.82) is 0 Å². The van der Waals surface area contributed by atoms with Crippen LogP contribution in [0.2, 0.25) is 0 Å². The number of amides is 1. The van der Waals surface area contributed by atoms with Gasteiger partial charge in [0, 0.05) is 12.0 Å². The lowest BCUT2D eigenvalue weighted by Crippen LogP contribution is -2.46. The summed E-state index contributed by atoms with van der Waals surface area (Å²) < 4.78 is 0. The average Bonchev–Trinajstić information content (AvgIpc) is 2.25. The Morgan fingerprint density at radius 1 is 1.40 bits per heavy atom. The normalized spacial score (nSPS) is 19.9. The van der Waals surface area contributed by atoms with Gasteiger partial charge in [0.2, 0.25) is 5.91 Å². The molecular formula is C11H23N3O. The van der Waals surface area contributed by atoms with Gasteiger partial charge >= 0.3 is 0 Å². The molecule has 0 aromatic rings. The van der Waals surface area contributed by atoms with E-state index >= 15 is 0 Å². The van der Waals surface area contributed by atoms with Gasteiger partial charge in [-0.05, 0) is 45.3 Å². The molecule has 0 saturated carbocycles. The molecule has 0 bridgehead atoms. The summed E-state index contributed by atoms with van der Waals surface area (Å²) in [5.74, 6) is 0.209. The number of carbonyl (C=O) groups is 1. The van der Waals surface area contributed by atoms with Crippen molar-refractivity contribution in [2.45, 2.75) is 32.6 Å². The van der Waals surface area contributed by atoms with Gasteiger partial charge in [0.1, 0.15) is 0 Å². The van der Waals surface area contributed by atoms with Gasteiger partial charge in [-0.25, -0.2) is 0 Å². The van der Waals surface area contributed by atoms with E-state index < -0.39 is 0 Å². The lowest BCUT2D eigenvalue weighted by atomic mass is 9.80. The number of carbonyl (C=O) groups excluding carboxylic acids is 1. The van der Waals surface area contributed by atoms with Crippen molar-refractivity contribution in [2.24, 2.45) is 11.1 Å². The van der Waals surface area contributed by atoms with Crippen LogP contribution in [0.3, 0.4) is 0 Å². The second-order valence-electron chi connectivity index (χ2n) is 4.56. The van der Waals surface area contributed by atoms with Gasteiger partial charge in [0.15, 0.2) is 0 Å². The number of hydrogen-bond donors (Lipinski definition) is 3. The van der Waals surface area contributed by atoms with Crippen molar-refractivity contribution in [3.8, 4) is 0 Å². The molecule has 15 heavy (non-hydrogen) atoms. The standard InChI is InChI=1S/C11H23N3O/c1-11(4-8-13-9-5-11)10(15)14-7-3-2-6-12/h13H,2-9,12H2,1H3,(H,14,15). The quantitative estimate of drug-likeness (QED) is 0.573. The molecule has 1 amide bonds. The van der Waals surface area contributed by atoms with Gasteiger partial charge < -0.3 is 16.4 Å². The molecule has 0 unspecified atom stereocenters. The maximum Gasteiger partial charge on any atom is 0.226 e. The van der Waals surface area contributed by atoms with Crippen molar-refractivity contribution in [3.63, 3.8) is 0 Å². The van der Waals surface area contributed by atoms with Gasteiger partial charge in [-0.3, -0.25) is 4.79 Å². The molecule has 1 aliphatic heterocycles. The molecule has 1 rings (SSSR count). The molecule has 0 aromatic heterocycles. The molecule has 4 nitrogen and oxygen atoms in total. The van der Waals surface area contributed by atoms with E-state index in [0.717, 1.165) is 45.3 Å². The van der Waals surface area contributed by atoms with Crippen LogP contribution in [0, 0.1) is 5.41 Å². The molecule has 0 spiro atoms. The van der Waals surface area contributed by atoms with Crippen LogP contribution < -0.4 is 16.4 Å². The summed E-state index contributed by atoms with van der Waals surface area (Å²) >= 11 is 0. The van der Waals surface area contributed by atoms with E-state index in [1.807, 2.05) is 0 Å². The topological polar surface area (TPSA) is 67.2 Å². The fourth-order valence-corrected chi connectivity index (χ4v) is 1.89. The van der Waals surface area contributed by atoms with Gasteiger partial charge in [-0.1, -0.05) is 6.92 Å². The summed E-state index contributed by atoms with van der Waals surface area (Å²) in [6, 6.07) is 0. The average molecular weight is 213 g/mol. The van der Waals surface area contributed by atoms with Gasteiger partial charge in [0.25, 0.3) is 0 Å². The predicted molar refractivity (Wildman–Crippen MR) is 61.5 cm³/mol. The maximum absolute atomic E-state index is 11.9. The summed E-state index contributed by atoms with van der Waals surface area (Å²) in [6.07, 6.45) is 3.85. The zero-order valence-electron chi connectivity index (χ0n) is 9.64. The summed E-state index contributed by atoms with van der Waals surface area (Å²) in [4.78, 5) is 11.9. The SMILES string of the molecule is CC1(C(=O)NCCCCN)CCNCC1. The Morgan fingerprint density at radius 2 is 2.07 bits per heavy atom. The van der Waals surface area contributed by atoms with Crippen molar-refractivity contribution < 1.29 is 4.79 Å². The number of piperidine rings is 1. The highest BCUT2D eigenvalue weighted by molar-refractivity contribution is 5.82. The van der Waals surface area contributed by atoms with Crippen LogP contribution in [0.15, 0.2) is 0 Å². The third kappa shape index (κ3) is 3.80. The number of rotatable bonds is 5. The molecule has 1 heterocycles. The Bertz CT molecular complexity index is 200. The Balaban J connectivity index is 2.25. The molecular weight excluding hydrogens is 190 g/mol. The van der Waals surface area contributed by atoms with E-state index in [-0.39, 0.29) is 11.3 Å². The molecule has 1 aliphatic rings. The van der Waals surface area contributed by atoms with Gasteiger partial charge in [-0.2, -0.15) is 0 Å². The number of nitrogens with two attached hydrogens (primary N) is 1. The second kappa shape index (κ2) is 6.08. The number of nitrogens with one attached hydrogen (secondary N) is 2. The Kier molecular flexibility index (Phi) is 5.05. The monoisotopic (exact) mass is 213 g/mol. The predicted octanol–water partition coefficient (Wildman–Crippen LogP) is 0.231. The van der Waals surface area contributed by atoms with Crippen LogP contribution >= 0.6 is 0 Å². The summed E-state index contributed by atoms with van der Waals surface area (Å²) in [7, 11) is 0. The van der Waals surface area contributed by atoms with Crippen molar-refractivity contribution in [2.75, 3.05) is 26.2 Å². The lowest BCUT2D eigenvalue weighted by Gasteiger charge is -2.32. The van der Waals surface area contributed by atoms with Crippen LogP contribution in [0.1, 0.15) is 32.6 Å². The third-order valence-electron chi connectivity index (χ3n) is 3.17. The minimum Gasteiger partial charge on any atom is -0.356 e. The lowest BCUT2D eigenvalue weighted by molar-refractivity contribution is -0.131. The van der Waals surface area contributed by atoms with E-state index in [0.29, 0.717) is 6.54 Å². The van der Waals surface area contributed by atoms with Gasteiger partial charge in [0.05, 0.1) is 0 Å². The highest BCUT2D eigenvalue weighted by Gasteiger charge is 2.33. The van der Waals surface area contributed by atoms with E-state index in [1.165, 1.54) is 0 Å². The van der Waals surface area contributed by atoms with Gasteiger partial charge in [-0.15, -0.1) is 0 Å². The minimum absolute atomic E-state index is 0.159. The first-order valence-corrected chi connectivity index (χ1v) is 5.88. The van der Waals surface area contributed by atoms with E-state index in [1.54, 1.807) is 0 Å². The molecule has 0 atom stereocenters. The Labute approximate surface area is 92.0 Å². The zero-order chi connectivity index (χ0) is 11.1. The summed E-state index contributed by atoms with van der Waals surface area (Å²) in [5.41, 5.74) is 5.23. The fourth-order valence-electron chi connectivity index (χ4n) is 1.89. The van der Waals surface area contributed by atoms with Crippen LogP contribution in [0.4, 0.5) is 0 Å². The largest absolute Gasteiger partial charge is 0.356 e. The molecule has 4 N–H and O–H groups in total. The highest BCUT2D eigenvalue weighted by Crippen LogP contribution is 2.27. The van der Waals surface area contributed by atoms with Crippen LogP contribution in [-0.2, 0) is 4.79 Å². The molecule has 0 aliphatic carbocycles. The number of hydrogen-bond acceptors (Lipinski definition) is 3. The molecule has 1 fully saturated rings. The molecule has 1 saturated heterocycles. The first-order valence-electron chi connectivity index (χ1n) is 5.88. The maximum atomic E-state index is 11.9. The van der Waals surface area contributed by atoms with Crippen molar-refractivity contribution in [1.82, 2.24) is 10.6 Å². The molecule has 0 aromatic carbocycles. The van der Waals surface area contributed by atoms with Crippen LogP contribution in [0.25, 0.3) is 0 Å². The highest BCUT2D eigenvalue weighted by atomic mass is 16.2. The van der Waals surface area contributed by atoms with E-state index in [2.05, 4.69) is 17.6 Å². The van der Waals surface area contributed by atoms with E-state index in [4.69, 9.17) is 5.73 Å². The molecule has 0 radical (unpaired) electrons. The summed E-state index contributed by atoms with van der Waals surface area (Å²) in [5, 5.41) is 6.28. The summed E-state index contributed by atoms with van der Waals surface area (Å²) in [6.45, 7) is 5.43. The van der Waals surface area contributed by atoms with E-state index in [9.17, 15) is 4.79 Å². The molecule has 88 valence electrons. The Morgan fingerprint density at radius 3 is 2.67 bits per heavy atom. The smallest absolute Gasteiger partial charge is 0.226 e. The Hall–Kier alpha value is -0.610. The van der Waals surface area contributed by atoms with Crippen molar-refractivity contribution >= 4 is 5.91 Å².